The Kier molecular flexibility index (Phi) is 3.23. The number of halogens is 1. The van der Waals surface area contributed by atoms with E-state index >= 15 is 0 Å². The van der Waals surface area contributed by atoms with Crippen molar-refractivity contribution in [3.63, 3.8) is 0 Å². The first kappa shape index (κ1) is 11.8. The molecule has 88 valence electrons. The maximum absolute atomic E-state index is 11.6. The van der Waals surface area contributed by atoms with E-state index in [4.69, 9.17) is 9.15 Å². The molecule has 1 heterocycles. The van der Waals surface area contributed by atoms with Crippen molar-refractivity contribution in [2.75, 3.05) is 6.61 Å². The Labute approximate surface area is 105 Å². The highest BCUT2D eigenvalue weighted by Gasteiger charge is 2.14. The Hall–Kier alpha value is -1.69. The normalized spacial score (nSPS) is 10.5. The van der Waals surface area contributed by atoms with Crippen molar-refractivity contribution in [2.45, 2.75) is 6.92 Å². The van der Waals surface area contributed by atoms with Crippen LogP contribution in [0.4, 0.5) is 0 Å². The summed E-state index contributed by atoms with van der Waals surface area (Å²) in [6, 6.07) is 4.94. The molecule has 0 spiro atoms. The lowest BCUT2D eigenvalue weighted by atomic mass is 10.2. The second-order valence-corrected chi connectivity index (χ2v) is 4.10. The van der Waals surface area contributed by atoms with Crippen molar-refractivity contribution >= 4 is 32.8 Å². The van der Waals surface area contributed by atoms with Crippen LogP contribution in [0, 0.1) is 0 Å². The monoisotopic (exact) mass is 297 g/mol. The van der Waals surface area contributed by atoms with Gasteiger partial charge in [-0.05, 0) is 25.1 Å². The summed E-state index contributed by atoms with van der Waals surface area (Å²) in [6.45, 7) is 1.86. The molecule has 6 heteroatoms. The molecular formula is C11H8BrNO4. The molecular weight excluding hydrogens is 290 g/mol. The van der Waals surface area contributed by atoms with Crippen molar-refractivity contribution in [3.8, 4) is 0 Å². The molecule has 0 aliphatic rings. The SMILES string of the molecule is CCOC(=O)c1nc2ccc(Br)cc2c(=O)o1. The Balaban J connectivity index is 2.60. The van der Waals surface area contributed by atoms with Crippen molar-refractivity contribution in [1.29, 1.82) is 0 Å². The number of benzene rings is 1. The van der Waals surface area contributed by atoms with Gasteiger partial charge in [-0.25, -0.2) is 14.6 Å². The van der Waals surface area contributed by atoms with Gasteiger partial charge in [-0.15, -0.1) is 0 Å². The van der Waals surface area contributed by atoms with Crippen molar-refractivity contribution in [2.24, 2.45) is 0 Å². The fraction of sp³-hybridized carbons (Fsp3) is 0.182. The van der Waals surface area contributed by atoms with Crippen LogP contribution < -0.4 is 5.63 Å². The lowest BCUT2D eigenvalue weighted by Crippen LogP contribution is -2.12. The first-order valence-electron chi connectivity index (χ1n) is 4.89. The summed E-state index contributed by atoms with van der Waals surface area (Å²) in [5.41, 5.74) is -0.216. The topological polar surface area (TPSA) is 69.4 Å². The lowest BCUT2D eigenvalue weighted by molar-refractivity contribution is 0.0474. The van der Waals surface area contributed by atoms with E-state index in [0.717, 1.165) is 4.47 Å². The summed E-state index contributed by atoms with van der Waals surface area (Å²) in [5.74, 6) is -1.07. The average molecular weight is 298 g/mol. The first-order valence-corrected chi connectivity index (χ1v) is 5.68. The second-order valence-electron chi connectivity index (χ2n) is 3.19. The van der Waals surface area contributed by atoms with E-state index in [2.05, 4.69) is 20.9 Å². The molecule has 2 aromatic rings. The van der Waals surface area contributed by atoms with Crippen LogP contribution in [0.3, 0.4) is 0 Å². The van der Waals surface area contributed by atoms with Crippen molar-refractivity contribution in [3.05, 3.63) is 39.0 Å². The highest BCUT2D eigenvalue weighted by atomic mass is 79.9. The zero-order valence-corrected chi connectivity index (χ0v) is 10.5. The van der Waals surface area contributed by atoms with Gasteiger partial charge >= 0.3 is 17.5 Å². The van der Waals surface area contributed by atoms with E-state index in [9.17, 15) is 9.59 Å². The third-order valence-corrected chi connectivity index (χ3v) is 2.53. The minimum Gasteiger partial charge on any atom is -0.459 e. The number of hydrogen-bond donors (Lipinski definition) is 0. The molecule has 2 rings (SSSR count). The summed E-state index contributed by atoms with van der Waals surface area (Å²) in [6.07, 6.45) is 0. The van der Waals surface area contributed by atoms with Gasteiger partial charge in [0.1, 0.15) is 0 Å². The van der Waals surface area contributed by atoms with Gasteiger partial charge in [0.05, 0.1) is 17.5 Å². The highest BCUT2D eigenvalue weighted by Crippen LogP contribution is 2.15. The van der Waals surface area contributed by atoms with Crippen LogP contribution in [0.15, 0.2) is 31.9 Å². The summed E-state index contributed by atoms with van der Waals surface area (Å²) in [7, 11) is 0. The van der Waals surface area contributed by atoms with Gasteiger partial charge in [0, 0.05) is 4.47 Å². The Morgan fingerprint density at radius 1 is 1.53 bits per heavy atom. The number of aromatic nitrogens is 1. The van der Waals surface area contributed by atoms with E-state index in [1.54, 1.807) is 25.1 Å². The number of ether oxygens (including phenoxy) is 1. The van der Waals surface area contributed by atoms with Crippen LogP contribution in [0.5, 0.6) is 0 Å². The summed E-state index contributed by atoms with van der Waals surface area (Å²) in [4.78, 5) is 26.9. The van der Waals surface area contributed by atoms with Crippen LogP contribution in [0.2, 0.25) is 0 Å². The quantitative estimate of drug-likeness (QED) is 0.794. The Bertz CT molecular complexity index is 635. The molecule has 0 N–H and O–H groups in total. The molecule has 0 atom stereocenters. The second kappa shape index (κ2) is 4.67. The van der Waals surface area contributed by atoms with Gasteiger partial charge in [-0.3, -0.25) is 0 Å². The maximum Gasteiger partial charge on any atom is 0.394 e. The Morgan fingerprint density at radius 2 is 2.29 bits per heavy atom. The smallest absolute Gasteiger partial charge is 0.394 e. The number of carbonyl (C=O) groups excluding carboxylic acids is 1. The molecule has 0 fully saturated rings. The van der Waals surface area contributed by atoms with Crippen molar-refractivity contribution < 1.29 is 13.9 Å². The predicted octanol–water partition coefficient (Wildman–Crippen LogP) is 2.13. The van der Waals surface area contributed by atoms with Crippen LogP contribution >= 0.6 is 15.9 Å². The van der Waals surface area contributed by atoms with Crippen molar-refractivity contribution in [1.82, 2.24) is 4.98 Å². The fourth-order valence-electron chi connectivity index (χ4n) is 1.32. The molecule has 0 bridgehead atoms. The van der Waals surface area contributed by atoms with E-state index in [0.29, 0.717) is 10.9 Å². The summed E-state index contributed by atoms with van der Waals surface area (Å²) < 4.78 is 10.2. The average Bonchev–Trinajstić information content (AvgIpc) is 2.30. The molecule has 0 saturated heterocycles. The van der Waals surface area contributed by atoms with E-state index in [1.807, 2.05) is 0 Å². The molecule has 0 amide bonds. The molecule has 0 aliphatic carbocycles. The van der Waals surface area contributed by atoms with E-state index in [1.165, 1.54) is 0 Å². The third kappa shape index (κ3) is 2.36. The minimum absolute atomic E-state index is 0.197. The van der Waals surface area contributed by atoms with Gasteiger partial charge < -0.3 is 9.15 Å². The van der Waals surface area contributed by atoms with Gasteiger partial charge in [0.25, 0.3) is 0 Å². The van der Waals surface area contributed by atoms with Crippen LogP contribution in [-0.4, -0.2) is 17.6 Å². The highest BCUT2D eigenvalue weighted by molar-refractivity contribution is 9.10. The third-order valence-electron chi connectivity index (χ3n) is 2.04. The molecule has 0 saturated carbocycles. The van der Waals surface area contributed by atoms with Crippen LogP contribution in [0.25, 0.3) is 10.9 Å². The zero-order valence-electron chi connectivity index (χ0n) is 8.90. The number of esters is 1. The zero-order chi connectivity index (χ0) is 12.4. The van der Waals surface area contributed by atoms with Gasteiger partial charge in [0.2, 0.25) is 0 Å². The van der Waals surface area contributed by atoms with Gasteiger partial charge in [-0.2, -0.15) is 0 Å². The summed E-state index contributed by atoms with van der Waals surface area (Å²) in [5, 5.41) is 0.312. The fourth-order valence-corrected chi connectivity index (χ4v) is 1.69. The number of fused-ring (bicyclic) bond motifs is 1. The molecule has 5 nitrogen and oxygen atoms in total. The molecule has 17 heavy (non-hydrogen) atoms. The molecule has 0 aliphatic heterocycles. The predicted molar refractivity (Wildman–Crippen MR) is 63.9 cm³/mol. The maximum atomic E-state index is 11.6. The number of nitrogens with zero attached hydrogens (tertiary/aromatic N) is 1. The largest absolute Gasteiger partial charge is 0.459 e. The standard InChI is InChI=1S/C11H8BrNO4/c1-2-16-11(15)9-13-8-4-3-6(12)5-7(8)10(14)17-9/h3-5H,2H2,1H3. The molecule has 0 unspecified atom stereocenters. The van der Waals surface area contributed by atoms with Gasteiger partial charge in [-0.1, -0.05) is 15.9 Å². The van der Waals surface area contributed by atoms with Crippen LogP contribution in [-0.2, 0) is 4.74 Å². The summed E-state index contributed by atoms with van der Waals surface area (Å²) >= 11 is 3.24. The minimum atomic E-state index is -0.741. The lowest BCUT2D eigenvalue weighted by Gasteiger charge is -2.01. The molecule has 0 radical (unpaired) electrons. The number of hydrogen-bond acceptors (Lipinski definition) is 5. The van der Waals surface area contributed by atoms with E-state index in [-0.39, 0.29) is 12.5 Å². The molecule has 1 aromatic heterocycles. The Morgan fingerprint density at radius 3 is 3.00 bits per heavy atom. The van der Waals surface area contributed by atoms with E-state index < -0.39 is 11.6 Å². The number of rotatable bonds is 2. The van der Waals surface area contributed by atoms with Gasteiger partial charge in [0.15, 0.2) is 0 Å². The van der Waals surface area contributed by atoms with Crippen LogP contribution in [0.1, 0.15) is 17.6 Å². The molecule has 1 aromatic carbocycles. The first-order chi connectivity index (χ1) is 8.11. The number of carbonyl (C=O) groups is 1.